The van der Waals surface area contributed by atoms with Crippen LogP contribution in [-0.4, -0.2) is 21.0 Å². The van der Waals surface area contributed by atoms with Crippen LogP contribution in [-0.2, 0) is 0 Å². The minimum absolute atomic E-state index is 0.0457. The quantitative estimate of drug-likeness (QED) is 0.559. The van der Waals surface area contributed by atoms with Gasteiger partial charge in [-0.2, -0.15) is 5.10 Å². The molecule has 0 saturated carbocycles. The van der Waals surface area contributed by atoms with Crippen LogP contribution in [0.3, 0.4) is 0 Å². The van der Waals surface area contributed by atoms with E-state index in [0.717, 1.165) is 0 Å². The molecule has 8 heteroatoms. The van der Waals surface area contributed by atoms with Gasteiger partial charge in [0.15, 0.2) is 0 Å². The Hall–Kier alpha value is -3.55. The topological polar surface area (TPSA) is 101 Å². The Morgan fingerprint density at radius 3 is 2.56 bits per heavy atom. The molecule has 2 aromatic carbocycles. The maximum absolute atomic E-state index is 13.0. The summed E-state index contributed by atoms with van der Waals surface area (Å²) in [4.78, 5) is 22.6. The molecule has 1 heterocycles. The number of carbonyl (C=O) groups is 1. The molecule has 0 spiro atoms. The van der Waals surface area contributed by atoms with Gasteiger partial charge in [0.05, 0.1) is 10.6 Å². The molecule has 0 unspecified atom stereocenters. The molecule has 3 aromatic rings. The van der Waals surface area contributed by atoms with Crippen molar-refractivity contribution in [1.29, 1.82) is 0 Å². The van der Waals surface area contributed by atoms with E-state index in [1.165, 1.54) is 30.3 Å². The summed E-state index contributed by atoms with van der Waals surface area (Å²) >= 11 is 0. The zero-order chi connectivity index (χ0) is 18.0. The lowest BCUT2D eigenvalue weighted by molar-refractivity contribution is -0.384. The molecule has 0 fully saturated rings. The smallest absolute Gasteiger partial charge is 0.273 e. The normalized spacial score (nSPS) is 10.5. The van der Waals surface area contributed by atoms with E-state index >= 15 is 0 Å². The van der Waals surface area contributed by atoms with Crippen LogP contribution in [0.4, 0.5) is 15.8 Å². The fourth-order valence-corrected chi connectivity index (χ4v) is 2.30. The molecule has 0 atom stereocenters. The maximum atomic E-state index is 13.0. The molecule has 0 aliphatic carbocycles. The lowest BCUT2D eigenvalue weighted by Crippen LogP contribution is -2.13. The number of amides is 1. The average Bonchev–Trinajstić information content (AvgIpc) is 3.07. The molecule has 0 aliphatic rings. The molecule has 3 rings (SSSR count). The number of non-ortho nitro benzene ring substituents is 1. The fourth-order valence-electron chi connectivity index (χ4n) is 2.30. The summed E-state index contributed by atoms with van der Waals surface area (Å²) < 4.78 is 13.0. The molecule has 7 nitrogen and oxygen atoms in total. The van der Waals surface area contributed by atoms with Gasteiger partial charge in [-0.1, -0.05) is 0 Å². The molecule has 0 bridgehead atoms. The van der Waals surface area contributed by atoms with Gasteiger partial charge in [0.2, 0.25) is 0 Å². The first-order valence-corrected chi connectivity index (χ1v) is 7.32. The number of H-pyrrole nitrogens is 1. The number of benzene rings is 2. The molecule has 1 aromatic heterocycles. The van der Waals surface area contributed by atoms with Gasteiger partial charge in [-0.25, -0.2) is 4.39 Å². The van der Waals surface area contributed by atoms with Crippen LogP contribution in [0.25, 0.3) is 11.3 Å². The highest BCUT2D eigenvalue weighted by Gasteiger charge is 2.14. The summed E-state index contributed by atoms with van der Waals surface area (Å²) in [6.07, 6.45) is 0. The summed E-state index contributed by atoms with van der Waals surface area (Å²) in [7, 11) is 0. The number of nitro groups is 1. The van der Waals surface area contributed by atoms with E-state index < -0.39 is 10.8 Å². The van der Waals surface area contributed by atoms with E-state index in [-0.39, 0.29) is 17.2 Å². The third-order valence-electron chi connectivity index (χ3n) is 3.63. The average molecular weight is 340 g/mol. The lowest BCUT2D eigenvalue weighted by Gasteiger charge is -2.06. The molecule has 0 radical (unpaired) electrons. The summed E-state index contributed by atoms with van der Waals surface area (Å²) in [5.41, 5.74) is 2.39. The lowest BCUT2D eigenvalue weighted by atomic mass is 10.1. The number of aryl methyl sites for hydroxylation is 1. The van der Waals surface area contributed by atoms with Crippen molar-refractivity contribution < 1.29 is 14.1 Å². The second kappa shape index (κ2) is 6.52. The first kappa shape index (κ1) is 16.3. The Morgan fingerprint density at radius 2 is 1.92 bits per heavy atom. The minimum atomic E-state index is -0.498. The molecule has 2 N–H and O–H groups in total. The van der Waals surface area contributed by atoms with Gasteiger partial charge in [0.25, 0.3) is 11.6 Å². The van der Waals surface area contributed by atoms with Crippen molar-refractivity contribution in [2.24, 2.45) is 0 Å². The molecular formula is C17H13FN4O3. The van der Waals surface area contributed by atoms with Crippen molar-refractivity contribution in [3.05, 3.63) is 75.7 Å². The Balaban J connectivity index is 1.78. The standard InChI is InChI=1S/C17H13FN4O3/c1-10-8-13(22(24)25)6-7-14(10)19-17(23)16-9-15(20-21-16)11-2-4-12(18)5-3-11/h2-9H,1H3,(H,19,23)(H,20,21). The van der Waals surface area contributed by atoms with Gasteiger partial charge < -0.3 is 5.32 Å². The van der Waals surface area contributed by atoms with Crippen molar-refractivity contribution in [3.8, 4) is 11.3 Å². The Morgan fingerprint density at radius 1 is 1.20 bits per heavy atom. The summed E-state index contributed by atoms with van der Waals surface area (Å²) in [5, 5.41) is 20.1. The van der Waals surface area contributed by atoms with Gasteiger partial charge in [-0.05, 0) is 48.9 Å². The number of anilines is 1. The molecule has 0 saturated heterocycles. The SMILES string of the molecule is Cc1cc([N+](=O)[O-])ccc1NC(=O)c1cc(-c2ccc(F)cc2)n[nH]1. The van der Waals surface area contributed by atoms with Crippen LogP contribution in [0.5, 0.6) is 0 Å². The van der Waals surface area contributed by atoms with E-state index in [1.807, 2.05) is 0 Å². The first-order chi connectivity index (χ1) is 11.9. The van der Waals surface area contributed by atoms with E-state index in [9.17, 15) is 19.3 Å². The Labute approximate surface area is 141 Å². The summed E-state index contributed by atoms with van der Waals surface area (Å²) in [6.45, 7) is 1.67. The fraction of sp³-hybridized carbons (Fsp3) is 0.0588. The Kier molecular flexibility index (Phi) is 4.25. The molecule has 25 heavy (non-hydrogen) atoms. The van der Waals surface area contributed by atoms with E-state index in [1.54, 1.807) is 25.1 Å². The number of nitrogens with one attached hydrogen (secondary N) is 2. The third kappa shape index (κ3) is 3.52. The molecule has 126 valence electrons. The highest BCUT2D eigenvalue weighted by Crippen LogP contribution is 2.22. The van der Waals surface area contributed by atoms with Crippen molar-refractivity contribution in [3.63, 3.8) is 0 Å². The minimum Gasteiger partial charge on any atom is -0.320 e. The van der Waals surface area contributed by atoms with Gasteiger partial charge in [0.1, 0.15) is 11.5 Å². The largest absolute Gasteiger partial charge is 0.320 e. The summed E-state index contributed by atoms with van der Waals surface area (Å²) in [5.74, 6) is -0.788. The molecular weight excluding hydrogens is 327 g/mol. The number of nitrogens with zero attached hydrogens (tertiary/aromatic N) is 2. The first-order valence-electron chi connectivity index (χ1n) is 7.32. The van der Waals surface area contributed by atoms with E-state index in [2.05, 4.69) is 15.5 Å². The van der Waals surface area contributed by atoms with Crippen molar-refractivity contribution in [2.45, 2.75) is 6.92 Å². The van der Waals surface area contributed by atoms with Gasteiger partial charge in [0, 0.05) is 23.4 Å². The predicted molar refractivity (Wildman–Crippen MR) is 89.8 cm³/mol. The van der Waals surface area contributed by atoms with Gasteiger partial charge in [-0.3, -0.25) is 20.0 Å². The van der Waals surface area contributed by atoms with E-state index in [4.69, 9.17) is 0 Å². The number of nitro benzene ring substituents is 1. The highest BCUT2D eigenvalue weighted by atomic mass is 19.1. The second-order valence-corrected chi connectivity index (χ2v) is 5.38. The number of carbonyl (C=O) groups excluding carboxylic acids is 1. The number of rotatable bonds is 4. The number of hydrogen-bond donors (Lipinski definition) is 2. The van der Waals surface area contributed by atoms with Crippen LogP contribution >= 0.6 is 0 Å². The van der Waals surface area contributed by atoms with Crippen LogP contribution in [0.1, 0.15) is 16.1 Å². The maximum Gasteiger partial charge on any atom is 0.273 e. The number of hydrogen-bond acceptors (Lipinski definition) is 4. The zero-order valence-electron chi connectivity index (χ0n) is 13.1. The predicted octanol–water partition coefficient (Wildman–Crippen LogP) is 3.68. The number of aromatic amines is 1. The number of aromatic nitrogens is 2. The summed E-state index contributed by atoms with van der Waals surface area (Å²) in [6, 6.07) is 11.5. The molecule has 1 amide bonds. The van der Waals surface area contributed by atoms with Crippen LogP contribution in [0, 0.1) is 22.9 Å². The van der Waals surface area contributed by atoms with Crippen LogP contribution in [0.2, 0.25) is 0 Å². The number of halogens is 1. The van der Waals surface area contributed by atoms with Crippen molar-refractivity contribution in [2.75, 3.05) is 5.32 Å². The van der Waals surface area contributed by atoms with Crippen LogP contribution in [0.15, 0.2) is 48.5 Å². The van der Waals surface area contributed by atoms with Crippen molar-refractivity contribution >= 4 is 17.3 Å². The Bertz CT molecular complexity index is 951. The zero-order valence-corrected chi connectivity index (χ0v) is 13.1. The third-order valence-corrected chi connectivity index (χ3v) is 3.63. The highest BCUT2D eigenvalue weighted by molar-refractivity contribution is 6.03. The van der Waals surface area contributed by atoms with Gasteiger partial charge >= 0.3 is 0 Å². The monoisotopic (exact) mass is 340 g/mol. The second-order valence-electron chi connectivity index (χ2n) is 5.38. The molecule has 0 aliphatic heterocycles. The van der Waals surface area contributed by atoms with Crippen molar-refractivity contribution in [1.82, 2.24) is 10.2 Å². The van der Waals surface area contributed by atoms with E-state index in [0.29, 0.717) is 22.5 Å². The van der Waals surface area contributed by atoms with Gasteiger partial charge in [-0.15, -0.1) is 0 Å². The van der Waals surface area contributed by atoms with Crippen LogP contribution < -0.4 is 5.32 Å².